The van der Waals surface area contributed by atoms with Gasteiger partial charge in [0.15, 0.2) is 0 Å². The van der Waals surface area contributed by atoms with Gasteiger partial charge in [0, 0.05) is 34.7 Å². The first-order valence-electron chi connectivity index (χ1n) is 11.9. The molecular weight excluding hydrogens is 479 g/mol. The summed E-state index contributed by atoms with van der Waals surface area (Å²) in [7, 11) is 0. The highest BCUT2D eigenvalue weighted by molar-refractivity contribution is 6.31. The molecule has 4 rings (SSSR count). The highest BCUT2D eigenvalue weighted by atomic mass is 35.5. The number of nitrogens with zero attached hydrogens (tertiary/aromatic N) is 3. The molecule has 188 valence electrons. The van der Waals surface area contributed by atoms with Gasteiger partial charge >= 0.3 is 6.18 Å². The van der Waals surface area contributed by atoms with Crippen LogP contribution in [0.2, 0.25) is 5.02 Å². The molecule has 3 aromatic rings. The van der Waals surface area contributed by atoms with Crippen molar-refractivity contribution in [3.63, 3.8) is 0 Å². The van der Waals surface area contributed by atoms with Crippen LogP contribution in [0.3, 0.4) is 0 Å². The second-order valence-electron chi connectivity index (χ2n) is 9.32. The number of rotatable bonds is 6. The highest BCUT2D eigenvalue weighted by Gasteiger charge is 2.34. The Morgan fingerprint density at radius 2 is 1.94 bits per heavy atom. The lowest BCUT2D eigenvalue weighted by atomic mass is 9.90. The average Bonchev–Trinajstić information content (AvgIpc) is 3.24. The van der Waals surface area contributed by atoms with Crippen LogP contribution in [0.25, 0.3) is 10.9 Å². The number of anilines is 1. The number of alkyl halides is 3. The Labute approximate surface area is 207 Å². The van der Waals surface area contributed by atoms with Gasteiger partial charge in [-0.15, -0.1) is 0 Å². The number of aromatic nitrogens is 3. The molecule has 0 radical (unpaired) electrons. The van der Waals surface area contributed by atoms with Gasteiger partial charge in [-0.2, -0.15) is 18.3 Å². The minimum atomic E-state index is -4.57. The molecule has 0 spiro atoms. The van der Waals surface area contributed by atoms with Crippen molar-refractivity contribution in [2.45, 2.75) is 77.2 Å². The molecule has 2 aromatic heterocycles. The fraction of sp³-hybridized carbons (Fsp3) is 0.480. The van der Waals surface area contributed by atoms with Gasteiger partial charge in [0.25, 0.3) is 5.91 Å². The lowest BCUT2D eigenvalue weighted by molar-refractivity contribution is -0.140. The van der Waals surface area contributed by atoms with Crippen molar-refractivity contribution in [1.82, 2.24) is 20.1 Å². The predicted molar refractivity (Wildman–Crippen MR) is 131 cm³/mol. The van der Waals surface area contributed by atoms with Crippen LogP contribution >= 0.6 is 11.6 Å². The van der Waals surface area contributed by atoms with Gasteiger partial charge in [-0.1, -0.05) is 25.4 Å². The first-order chi connectivity index (χ1) is 16.5. The van der Waals surface area contributed by atoms with Crippen LogP contribution in [-0.2, 0) is 12.7 Å². The van der Waals surface area contributed by atoms with Gasteiger partial charge in [-0.05, 0) is 68.9 Å². The number of fused-ring (bicyclic) bond motifs is 1. The number of hydrogen-bond donors (Lipinski definition) is 2. The fourth-order valence-corrected chi connectivity index (χ4v) is 4.71. The van der Waals surface area contributed by atoms with Gasteiger partial charge in [0.05, 0.1) is 11.2 Å². The molecule has 6 nitrogen and oxygen atoms in total. The summed E-state index contributed by atoms with van der Waals surface area (Å²) < 4.78 is 42.1. The van der Waals surface area contributed by atoms with E-state index in [-0.39, 0.29) is 29.4 Å². The van der Waals surface area contributed by atoms with Crippen molar-refractivity contribution in [1.29, 1.82) is 0 Å². The third-order valence-electron chi connectivity index (χ3n) is 6.35. The summed E-state index contributed by atoms with van der Waals surface area (Å²) in [6, 6.07) is 7.29. The Morgan fingerprint density at radius 1 is 1.20 bits per heavy atom. The van der Waals surface area contributed by atoms with E-state index in [1.807, 2.05) is 26.8 Å². The van der Waals surface area contributed by atoms with E-state index in [1.165, 1.54) is 12.1 Å². The maximum atomic E-state index is 13.5. The van der Waals surface area contributed by atoms with Crippen molar-refractivity contribution in [2.75, 3.05) is 5.32 Å². The Hall–Kier alpha value is -2.81. The van der Waals surface area contributed by atoms with E-state index in [9.17, 15) is 18.0 Å². The summed E-state index contributed by atoms with van der Waals surface area (Å²) in [6.07, 6.45) is -1.55. The summed E-state index contributed by atoms with van der Waals surface area (Å²) in [4.78, 5) is 16.8. The lowest BCUT2D eigenvalue weighted by Crippen LogP contribution is -2.42. The number of carbonyl (C=O) groups excluding carboxylic acids is 1. The topological polar surface area (TPSA) is 71.8 Å². The van der Waals surface area contributed by atoms with Crippen LogP contribution in [0.4, 0.5) is 18.9 Å². The monoisotopic (exact) mass is 507 g/mol. The molecular formula is C25H29ClF3N5O. The summed E-state index contributed by atoms with van der Waals surface area (Å²) in [5.41, 5.74) is 0.998. The molecule has 0 unspecified atom stereocenters. The quantitative estimate of drug-likeness (QED) is 0.405. The normalized spacial score (nSPS) is 18.7. The van der Waals surface area contributed by atoms with Crippen molar-refractivity contribution < 1.29 is 18.0 Å². The van der Waals surface area contributed by atoms with Crippen LogP contribution in [0.5, 0.6) is 0 Å². The fourth-order valence-electron chi connectivity index (χ4n) is 4.54. The second-order valence-corrected chi connectivity index (χ2v) is 9.75. The largest absolute Gasteiger partial charge is 0.433 e. The maximum Gasteiger partial charge on any atom is 0.433 e. The Kier molecular flexibility index (Phi) is 7.26. The Bertz CT molecular complexity index is 1220. The first-order valence-corrected chi connectivity index (χ1v) is 12.3. The van der Waals surface area contributed by atoms with E-state index >= 15 is 0 Å². The van der Waals surface area contributed by atoms with Crippen LogP contribution in [0, 0.1) is 0 Å². The predicted octanol–water partition coefficient (Wildman–Crippen LogP) is 6.40. The number of pyridine rings is 1. The number of amides is 1. The molecule has 1 aliphatic rings. The number of carbonyl (C=O) groups is 1. The van der Waals surface area contributed by atoms with E-state index in [0.29, 0.717) is 34.8 Å². The van der Waals surface area contributed by atoms with Gasteiger partial charge in [-0.25, -0.2) is 4.98 Å². The molecule has 2 atom stereocenters. The van der Waals surface area contributed by atoms with Crippen molar-refractivity contribution in [3.05, 3.63) is 52.4 Å². The third-order valence-corrected chi connectivity index (χ3v) is 6.59. The van der Waals surface area contributed by atoms with Gasteiger partial charge in [-0.3, -0.25) is 9.48 Å². The number of hydrogen-bond acceptors (Lipinski definition) is 4. The third kappa shape index (κ3) is 5.72. The zero-order valence-corrected chi connectivity index (χ0v) is 20.7. The van der Waals surface area contributed by atoms with Crippen molar-refractivity contribution in [2.24, 2.45) is 0 Å². The number of nitrogens with one attached hydrogen (secondary N) is 2. The Morgan fingerprint density at radius 3 is 2.63 bits per heavy atom. The zero-order chi connectivity index (χ0) is 25.3. The average molecular weight is 508 g/mol. The smallest absolute Gasteiger partial charge is 0.382 e. The van der Waals surface area contributed by atoms with E-state index in [0.717, 1.165) is 31.0 Å². The van der Waals surface area contributed by atoms with Crippen molar-refractivity contribution in [3.8, 4) is 0 Å². The van der Waals surface area contributed by atoms with Crippen molar-refractivity contribution >= 4 is 34.1 Å². The van der Waals surface area contributed by atoms with Gasteiger partial charge in [0.2, 0.25) is 0 Å². The summed E-state index contributed by atoms with van der Waals surface area (Å²) in [6.45, 7) is 6.59. The molecule has 10 heteroatoms. The standard InChI is InChI=1S/C25H29ClF3N5O/c1-4-34-22(12-20(33-34)14(2)3)24(35)31-17-7-5-6-16(11-17)30-21-13-23(25(27,28)29)32-19-9-8-15(26)10-18(19)21/h8-10,12-14,16-17H,4-7,11H2,1-3H3,(H,30,32)(H,31,35)/t16-,17+/m0/s1. The molecule has 0 saturated heterocycles. The summed E-state index contributed by atoms with van der Waals surface area (Å²) in [5, 5.41) is 11.9. The zero-order valence-electron chi connectivity index (χ0n) is 19.9. The van der Waals surface area contributed by atoms with E-state index in [2.05, 4.69) is 20.7 Å². The van der Waals surface area contributed by atoms with E-state index in [1.54, 1.807) is 10.7 Å². The van der Waals surface area contributed by atoms with Crippen LogP contribution in [-0.4, -0.2) is 32.8 Å². The first kappa shape index (κ1) is 25.3. The number of aryl methyl sites for hydroxylation is 1. The van der Waals surface area contributed by atoms with Crippen LogP contribution in [0.1, 0.15) is 74.2 Å². The highest BCUT2D eigenvalue weighted by Crippen LogP contribution is 2.35. The second kappa shape index (κ2) is 10.0. The molecule has 1 aromatic carbocycles. The SMILES string of the molecule is CCn1nc(C(C)C)cc1C(=O)N[C@@H]1CCC[C@H](Nc2cc(C(F)(F)F)nc3ccc(Cl)cc23)C1. The molecule has 1 aliphatic carbocycles. The van der Waals surface area contributed by atoms with Gasteiger partial charge in [0.1, 0.15) is 11.4 Å². The minimum Gasteiger partial charge on any atom is -0.382 e. The molecule has 1 saturated carbocycles. The maximum absolute atomic E-state index is 13.5. The molecule has 0 bridgehead atoms. The van der Waals surface area contributed by atoms with E-state index < -0.39 is 11.9 Å². The minimum absolute atomic E-state index is 0.102. The molecule has 0 aliphatic heterocycles. The van der Waals surface area contributed by atoms with Crippen LogP contribution < -0.4 is 10.6 Å². The van der Waals surface area contributed by atoms with Gasteiger partial charge < -0.3 is 10.6 Å². The molecule has 2 N–H and O–H groups in total. The number of halogens is 4. The Balaban J connectivity index is 1.52. The summed E-state index contributed by atoms with van der Waals surface area (Å²) in [5.74, 6) is 0.0280. The molecule has 2 heterocycles. The lowest BCUT2D eigenvalue weighted by Gasteiger charge is -2.31. The molecule has 35 heavy (non-hydrogen) atoms. The molecule has 1 fully saturated rings. The summed E-state index contributed by atoms with van der Waals surface area (Å²) >= 11 is 6.12. The molecule has 1 amide bonds. The number of benzene rings is 1. The van der Waals surface area contributed by atoms with E-state index in [4.69, 9.17) is 11.6 Å². The van der Waals surface area contributed by atoms with Crippen LogP contribution in [0.15, 0.2) is 30.3 Å².